The van der Waals surface area contributed by atoms with Gasteiger partial charge in [0.1, 0.15) is 6.61 Å². The van der Waals surface area contributed by atoms with E-state index < -0.39 is 11.6 Å². The minimum Gasteiger partial charge on any atom is -0.478 e. The highest BCUT2D eigenvalue weighted by atomic mass is 16.5. The van der Waals surface area contributed by atoms with Crippen LogP contribution in [-0.4, -0.2) is 77.4 Å². The van der Waals surface area contributed by atoms with E-state index in [0.29, 0.717) is 39.0 Å². The predicted molar refractivity (Wildman–Crippen MR) is 94.8 cm³/mol. The lowest BCUT2D eigenvalue weighted by Crippen LogP contribution is -2.60. The molecular weight excluding hydrogens is 336 g/mol. The number of nitrogens with zero attached hydrogens (tertiary/aromatic N) is 2. The molecular formula is C19H26N2O5. The van der Waals surface area contributed by atoms with Crippen molar-refractivity contribution in [1.82, 2.24) is 9.80 Å². The Morgan fingerprint density at radius 2 is 1.88 bits per heavy atom. The van der Waals surface area contributed by atoms with Gasteiger partial charge in [-0.15, -0.1) is 0 Å². The minimum absolute atomic E-state index is 0.0177. The number of hydrogen-bond donors (Lipinski definition) is 2. The molecule has 0 aliphatic carbocycles. The number of aromatic carboxylic acids is 1. The molecule has 0 unspecified atom stereocenters. The number of methoxy groups -OCH3 is 1. The number of carboxylic acid groups (broad SMARTS) is 1. The lowest BCUT2D eigenvalue weighted by molar-refractivity contribution is -0.150. The number of benzene rings is 1. The van der Waals surface area contributed by atoms with E-state index in [1.807, 2.05) is 12.1 Å². The first-order chi connectivity index (χ1) is 12.4. The summed E-state index contributed by atoms with van der Waals surface area (Å²) in [5, 5.41) is 19.9. The van der Waals surface area contributed by atoms with Gasteiger partial charge in [-0.25, -0.2) is 4.79 Å². The molecule has 7 heteroatoms. The van der Waals surface area contributed by atoms with Gasteiger partial charge < -0.3 is 19.8 Å². The average molecular weight is 362 g/mol. The minimum atomic E-state index is -0.928. The molecule has 0 saturated carbocycles. The monoisotopic (exact) mass is 362 g/mol. The third kappa shape index (κ3) is 4.06. The first kappa shape index (κ1) is 18.8. The maximum Gasteiger partial charge on any atom is 0.335 e. The molecule has 0 spiro atoms. The summed E-state index contributed by atoms with van der Waals surface area (Å²) in [4.78, 5) is 27.1. The maximum atomic E-state index is 12.1. The van der Waals surface area contributed by atoms with Crippen LogP contribution in [0.25, 0.3) is 0 Å². The highest BCUT2D eigenvalue weighted by molar-refractivity contribution is 5.87. The van der Waals surface area contributed by atoms with Gasteiger partial charge in [0.15, 0.2) is 0 Å². The van der Waals surface area contributed by atoms with Gasteiger partial charge in [-0.3, -0.25) is 9.69 Å². The van der Waals surface area contributed by atoms with E-state index in [-0.39, 0.29) is 24.0 Å². The summed E-state index contributed by atoms with van der Waals surface area (Å²) in [6.07, 6.45) is 1.30. The Labute approximate surface area is 153 Å². The van der Waals surface area contributed by atoms with Crippen LogP contribution in [0.15, 0.2) is 24.3 Å². The summed E-state index contributed by atoms with van der Waals surface area (Å²) in [7, 11) is 1.51. The van der Waals surface area contributed by atoms with Crippen LogP contribution in [0.2, 0.25) is 0 Å². The second-order valence-electron chi connectivity index (χ2n) is 7.31. The summed E-state index contributed by atoms with van der Waals surface area (Å²) >= 11 is 0. The maximum absolute atomic E-state index is 12.1. The molecule has 2 aliphatic heterocycles. The lowest BCUT2D eigenvalue weighted by atomic mass is 9.75. The molecule has 0 aromatic heterocycles. The van der Waals surface area contributed by atoms with Crippen LogP contribution >= 0.6 is 0 Å². The number of amides is 1. The Balaban J connectivity index is 1.62. The van der Waals surface area contributed by atoms with Gasteiger partial charge in [0.2, 0.25) is 5.91 Å². The number of fused-ring (bicyclic) bond motifs is 1. The van der Waals surface area contributed by atoms with Crippen molar-refractivity contribution < 1.29 is 24.5 Å². The van der Waals surface area contributed by atoms with Gasteiger partial charge in [0.05, 0.1) is 11.2 Å². The van der Waals surface area contributed by atoms with Crippen molar-refractivity contribution in [3.63, 3.8) is 0 Å². The zero-order valence-electron chi connectivity index (χ0n) is 15.1. The molecule has 2 saturated heterocycles. The van der Waals surface area contributed by atoms with E-state index in [4.69, 9.17) is 9.84 Å². The molecule has 1 aromatic carbocycles. The molecule has 1 aromatic rings. The molecule has 2 aliphatic rings. The van der Waals surface area contributed by atoms with Gasteiger partial charge in [-0.05, 0) is 30.5 Å². The summed E-state index contributed by atoms with van der Waals surface area (Å²) in [6.45, 7) is 3.41. The summed E-state index contributed by atoms with van der Waals surface area (Å²) in [5.74, 6) is -0.942. The van der Waals surface area contributed by atoms with Gasteiger partial charge >= 0.3 is 5.97 Å². The third-order valence-electron chi connectivity index (χ3n) is 5.58. The van der Waals surface area contributed by atoms with Crippen molar-refractivity contribution in [3.05, 3.63) is 35.4 Å². The Hall–Kier alpha value is -1.96. The highest BCUT2D eigenvalue weighted by Crippen LogP contribution is 2.36. The van der Waals surface area contributed by atoms with Crippen LogP contribution in [0, 0.1) is 5.92 Å². The molecule has 7 nitrogen and oxygen atoms in total. The summed E-state index contributed by atoms with van der Waals surface area (Å²) < 4.78 is 4.94. The zero-order valence-corrected chi connectivity index (χ0v) is 15.1. The number of carbonyl (C=O) groups excluding carboxylic acids is 1. The van der Waals surface area contributed by atoms with Crippen molar-refractivity contribution >= 4 is 11.9 Å². The van der Waals surface area contributed by atoms with Crippen LogP contribution < -0.4 is 0 Å². The van der Waals surface area contributed by atoms with Crippen LogP contribution in [0.3, 0.4) is 0 Å². The van der Waals surface area contributed by atoms with Crippen molar-refractivity contribution in [2.24, 2.45) is 5.92 Å². The second-order valence-corrected chi connectivity index (χ2v) is 7.31. The topological polar surface area (TPSA) is 90.3 Å². The smallest absolute Gasteiger partial charge is 0.335 e. The molecule has 2 heterocycles. The SMILES string of the molecule is COCC(=O)N1CC[C@@]2(O)CCN(Cc3ccc(C(=O)O)cc3)C[C@H]2C1. The number of carboxylic acids is 1. The fourth-order valence-electron chi connectivity index (χ4n) is 3.97. The van der Waals surface area contributed by atoms with Gasteiger partial charge in [0, 0.05) is 45.8 Å². The lowest BCUT2D eigenvalue weighted by Gasteiger charge is -2.50. The number of aliphatic hydroxyl groups is 1. The van der Waals surface area contributed by atoms with Crippen LogP contribution in [0.5, 0.6) is 0 Å². The average Bonchev–Trinajstić information content (AvgIpc) is 2.62. The molecule has 2 fully saturated rings. The molecule has 26 heavy (non-hydrogen) atoms. The van der Waals surface area contributed by atoms with Crippen molar-refractivity contribution in [2.75, 3.05) is 39.9 Å². The fourth-order valence-corrected chi connectivity index (χ4v) is 3.97. The number of rotatable bonds is 5. The van der Waals surface area contributed by atoms with Crippen molar-refractivity contribution in [2.45, 2.75) is 25.0 Å². The Morgan fingerprint density at radius 1 is 1.19 bits per heavy atom. The Bertz CT molecular complexity index is 662. The molecule has 2 atom stereocenters. The normalized spacial score (nSPS) is 26.4. The van der Waals surface area contributed by atoms with E-state index in [0.717, 1.165) is 12.1 Å². The van der Waals surface area contributed by atoms with E-state index in [2.05, 4.69) is 4.90 Å². The third-order valence-corrected chi connectivity index (χ3v) is 5.58. The van der Waals surface area contributed by atoms with E-state index in [1.54, 1.807) is 17.0 Å². The van der Waals surface area contributed by atoms with Crippen molar-refractivity contribution in [1.29, 1.82) is 0 Å². The molecule has 0 bridgehead atoms. The van der Waals surface area contributed by atoms with Crippen LogP contribution in [0.4, 0.5) is 0 Å². The standard InChI is InChI=1S/C19H26N2O5/c1-26-13-17(22)21-9-7-19(25)6-8-20(11-16(19)12-21)10-14-2-4-15(5-3-14)18(23)24/h2-5,16,25H,6-13H2,1H3,(H,23,24)/t16-,19-/m0/s1. The van der Waals surface area contributed by atoms with Gasteiger partial charge in [0.25, 0.3) is 0 Å². The molecule has 0 radical (unpaired) electrons. The number of piperidine rings is 2. The molecule has 2 N–H and O–H groups in total. The fraction of sp³-hybridized carbons (Fsp3) is 0.579. The Kier molecular flexibility index (Phi) is 5.60. The largest absolute Gasteiger partial charge is 0.478 e. The predicted octanol–water partition coefficient (Wildman–Crippen LogP) is 0.816. The second kappa shape index (κ2) is 7.73. The Morgan fingerprint density at radius 3 is 2.54 bits per heavy atom. The number of carbonyl (C=O) groups is 2. The summed E-state index contributed by atoms with van der Waals surface area (Å²) in [6, 6.07) is 6.90. The first-order valence-corrected chi connectivity index (χ1v) is 8.95. The van der Waals surface area contributed by atoms with Gasteiger partial charge in [-0.2, -0.15) is 0 Å². The zero-order chi connectivity index (χ0) is 18.7. The molecule has 1 amide bonds. The molecule has 142 valence electrons. The van der Waals surface area contributed by atoms with E-state index >= 15 is 0 Å². The first-order valence-electron chi connectivity index (χ1n) is 8.95. The number of hydrogen-bond acceptors (Lipinski definition) is 5. The highest BCUT2D eigenvalue weighted by Gasteiger charge is 2.45. The number of likely N-dealkylation sites (tertiary alicyclic amines) is 2. The van der Waals surface area contributed by atoms with Crippen LogP contribution in [0.1, 0.15) is 28.8 Å². The van der Waals surface area contributed by atoms with E-state index in [9.17, 15) is 14.7 Å². The van der Waals surface area contributed by atoms with E-state index in [1.165, 1.54) is 7.11 Å². The van der Waals surface area contributed by atoms with Crippen molar-refractivity contribution in [3.8, 4) is 0 Å². The quantitative estimate of drug-likeness (QED) is 0.806. The summed E-state index contributed by atoms with van der Waals surface area (Å²) in [5.41, 5.74) is 0.623. The molecule has 3 rings (SSSR count). The number of ether oxygens (including phenoxy) is 1. The van der Waals surface area contributed by atoms with Gasteiger partial charge in [-0.1, -0.05) is 12.1 Å². The van der Waals surface area contributed by atoms with Crippen LogP contribution in [-0.2, 0) is 16.1 Å².